The highest BCUT2D eigenvalue weighted by Crippen LogP contribution is 2.20. The second kappa shape index (κ2) is 6.95. The van der Waals surface area contributed by atoms with E-state index < -0.39 is 12.7 Å². The fourth-order valence-corrected chi connectivity index (χ4v) is 2.09. The summed E-state index contributed by atoms with van der Waals surface area (Å²) in [4.78, 5) is 5.54. The molecular weight excluding hydrogens is 261 g/mol. The molecule has 0 radical (unpaired) electrons. The summed E-state index contributed by atoms with van der Waals surface area (Å²) in [5.41, 5.74) is 5.70. The summed E-state index contributed by atoms with van der Waals surface area (Å²) in [6, 6.07) is -0.161. The lowest BCUT2D eigenvalue weighted by molar-refractivity contribution is -0.143. The summed E-state index contributed by atoms with van der Waals surface area (Å²) >= 11 is 0. The van der Waals surface area contributed by atoms with Crippen LogP contribution in [0.1, 0.15) is 13.3 Å². The Hall–Kier alpha value is -1.02. The third-order valence-corrected chi connectivity index (χ3v) is 2.78. The number of hydrogen-bond acceptors (Lipinski definition) is 3. The van der Waals surface area contributed by atoms with Crippen LogP contribution in [0.2, 0.25) is 0 Å². The smallest absolute Gasteiger partial charge is 0.383 e. The fraction of sp³-hybridized carbons (Fsp3) is 0.909. The number of likely N-dealkylation sites (tertiary alicyclic amines) is 1. The molecule has 0 aromatic carbocycles. The molecule has 1 fully saturated rings. The molecule has 1 aliphatic heterocycles. The molecule has 1 saturated heterocycles. The van der Waals surface area contributed by atoms with Crippen LogP contribution in [-0.4, -0.2) is 62.5 Å². The first kappa shape index (κ1) is 16.0. The van der Waals surface area contributed by atoms with E-state index in [1.165, 1.54) is 4.90 Å². The number of nitrogens with one attached hydrogen (secondary N) is 1. The lowest BCUT2D eigenvalue weighted by Gasteiger charge is -2.17. The first-order valence-corrected chi connectivity index (χ1v) is 6.18. The standard InChI is InChI=1S/C11H21F3N4O/c1-8(6-19-2)16-10(15)17-9-3-4-18(5-9)7-11(12,13)14/h8-9H,3-7H2,1-2H3,(H3,15,16,17). The highest BCUT2D eigenvalue weighted by atomic mass is 19.4. The molecular formula is C11H21F3N4O. The Morgan fingerprint density at radius 2 is 2.26 bits per heavy atom. The Morgan fingerprint density at radius 1 is 1.58 bits per heavy atom. The summed E-state index contributed by atoms with van der Waals surface area (Å²) in [7, 11) is 1.58. The molecule has 0 aromatic rings. The maximum absolute atomic E-state index is 12.2. The van der Waals surface area contributed by atoms with Gasteiger partial charge in [0.2, 0.25) is 0 Å². The van der Waals surface area contributed by atoms with E-state index in [1.54, 1.807) is 7.11 Å². The van der Waals surface area contributed by atoms with Crippen LogP contribution in [0.3, 0.4) is 0 Å². The van der Waals surface area contributed by atoms with Crippen molar-refractivity contribution in [2.45, 2.75) is 31.6 Å². The Bertz CT molecular complexity index is 309. The van der Waals surface area contributed by atoms with Gasteiger partial charge in [-0.2, -0.15) is 13.2 Å². The SMILES string of the molecule is COCC(C)NC(N)=NC1CCN(CC(F)(F)F)C1. The molecule has 0 spiro atoms. The molecule has 0 saturated carbocycles. The van der Waals surface area contributed by atoms with E-state index in [4.69, 9.17) is 10.5 Å². The first-order chi connectivity index (χ1) is 8.80. The van der Waals surface area contributed by atoms with Crippen molar-refractivity contribution >= 4 is 5.96 Å². The van der Waals surface area contributed by atoms with Gasteiger partial charge in [0.05, 0.1) is 19.2 Å². The van der Waals surface area contributed by atoms with Crippen LogP contribution in [0.4, 0.5) is 13.2 Å². The predicted octanol–water partition coefficient (Wildman–Crippen LogP) is 0.562. The topological polar surface area (TPSA) is 62.9 Å². The van der Waals surface area contributed by atoms with E-state index in [9.17, 15) is 13.2 Å². The van der Waals surface area contributed by atoms with Crippen molar-refractivity contribution in [3.8, 4) is 0 Å². The molecule has 0 amide bonds. The largest absolute Gasteiger partial charge is 0.401 e. The van der Waals surface area contributed by atoms with Crippen LogP contribution < -0.4 is 11.1 Å². The maximum Gasteiger partial charge on any atom is 0.401 e. The molecule has 112 valence electrons. The van der Waals surface area contributed by atoms with Crippen LogP contribution in [0, 0.1) is 0 Å². The van der Waals surface area contributed by atoms with Crippen molar-refractivity contribution in [1.82, 2.24) is 10.2 Å². The zero-order valence-electron chi connectivity index (χ0n) is 11.2. The summed E-state index contributed by atoms with van der Waals surface area (Å²) in [5.74, 6) is 0.253. The first-order valence-electron chi connectivity index (χ1n) is 6.18. The Balaban J connectivity index is 2.38. The Labute approximate surface area is 111 Å². The number of alkyl halides is 3. The zero-order valence-corrected chi connectivity index (χ0v) is 11.2. The van der Waals surface area contributed by atoms with Gasteiger partial charge in [0, 0.05) is 26.2 Å². The van der Waals surface area contributed by atoms with Crippen LogP contribution in [0.15, 0.2) is 4.99 Å². The third kappa shape index (κ3) is 6.63. The number of aliphatic imine (C=N–C) groups is 1. The fourth-order valence-electron chi connectivity index (χ4n) is 2.09. The van der Waals surface area contributed by atoms with Gasteiger partial charge in [-0.25, -0.2) is 4.99 Å². The van der Waals surface area contributed by atoms with Crippen LogP contribution in [-0.2, 0) is 4.74 Å². The average molecular weight is 282 g/mol. The van der Waals surface area contributed by atoms with Crippen molar-refractivity contribution in [1.29, 1.82) is 0 Å². The number of nitrogens with two attached hydrogens (primary N) is 1. The van der Waals surface area contributed by atoms with Crippen LogP contribution in [0.5, 0.6) is 0 Å². The van der Waals surface area contributed by atoms with E-state index >= 15 is 0 Å². The number of halogens is 3. The quantitative estimate of drug-likeness (QED) is 0.571. The summed E-state index contributed by atoms with van der Waals surface area (Å²) in [5, 5.41) is 2.93. The molecule has 5 nitrogen and oxygen atoms in total. The van der Waals surface area contributed by atoms with Crippen molar-refractivity contribution in [3.63, 3.8) is 0 Å². The van der Waals surface area contributed by atoms with Crippen molar-refractivity contribution < 1.29 is 17.9 Å². The summed E-state index contributed by atoms with van der Waals surface area (Å²) < 4.78 is 41.6. The molecule has 8 heteroatoms. The van der Waals surface area contributed by atoms with E-state index in [1.807, 2.05) is 6.92 Å². The highest BCUT2D eigenvalue weighted by Gasteiger charge is 2.34. The molecule has 19 heavy (non-hydrogen) atoms. The summed E-state index contributed by atoms with van der Waals surface area (Å²) in [6.07, 6.45) is -3.56. The van der Waals surface area contributed by atoms with Gasteiger partial charge < -0.3 is 15.8 Å². The van der Waals surface area contributed by atoms with Gasteiger partial charge in [0.15, 0.2) is 5.96 Å². The highest BCUT2D eigenvalue weighted by molar-refractivity contribution is 5.78. The van der Waals surface area contributed by atoms with Crippen LogP contribution in [0.25, 0.3) is 0 Å². The molecule has 1 rings (SSSR count). The number of rotatable bonds is 5. The van der Waals surface area contributed by atoms with Gasteiger partial charge in [-0.3, -0.25) is 4.90 Å². The molecule has 3 N–H and O–H groups in total. The third-order valence-electron chi connectivity index (χ3n) is 2.78. The molecule has 0 bridgehead atoms. The summed E-state index contributed by atoms with van der Waals surface area (Å²) in [6.45, 7) is 2.18. The second-order valence-electron chi connectivity index (χ2n) is 4.81. The Kier molecular flexibility index (Phi) is 5.86. The zero-order chi connectivity index (χ0) is 14.5. The van der Waals surface area contributed by atoms with Gasteiger partial charge in [0.1, 0.15) is 0 Å². The second-order valence-corrected chi connectivity index (χ2v) is 4.81. The molecule has 2 atom stereocenters. The number of guanidine groups is 1. The minimum atomic E-state index is -4.16. The van der Waals surface area contributed by atoms with E-state index in [-0.39, 0.29) is 18.0 Å². The number of methoxy groups -OCH3 is 1. The van der Waals surface area contributed by atoms with Crippen LogP contribution >= 0.6 is 0 Å². The van der Waals surface area contributed by atoms with Gasteiger partial charge in [-0.05, 0) is 13.3 Å². The van der Waals surface area contributed by atoms with E-state index in [0.29, 0.717) is 26.1 Å². The predicted molar refractivity (Wildman–Crippen MR) is 67.0 cm³/mol. The lowest BCUT2D eigenvalue weighted by Crippen LogP contribution is -2.41. The molecule has 2 unspecified atom stereocenters. The number of nitrogens with zero attached hydrogens (tertiary/aromatic N) is 2. The van der Waals surface area contributed by atoms with Gasteiger partial charge >= 0.3 is 6.18 Å². The molecule has 0 aromatic heterocycles. The minimum Gasteiger partial charge on any atom is -0.383 e. The average Bonchev–Trinajstić information content (AvgIpc) is 2.62. The van der Waals surface area contributed by atoms with E-state index in [0.717, 1.165) is 0 Å². The van der Waals surface area contributed by atoms with E-state index in [2.05, 4.69) is 10.3 Å². The van der Waals surface area contributed by atoms with Crippen molar-refractivity contribution in [3.05, 3.63) is 0 Å². The van der Waals surface area contributed by atoms with Crippen molar-refractivity contribution in [2.24, 2.45) is 10.7 Å². The molecule has 1 heterocycles. The normalized spacial score (nSPS) is 23.6. The van der Waals surface area contributed by atoms with Gasteiger partial charge in [-0.1, -0.05) is 0 Å². The maximum atomic E-state index is 12.2. The minimum absolute atomic E-state index is 0.0152. The monoisotopic (exact) mass is 282 g/mol. The lowest BCUT2D eigenvalue weighted by atomic mass is 10.3. The molecule has 0 aliphatic carbocycles. The number of hydrogen-bond donors (Lipinski definition) is 2. The van der Waals surface area contributed by atoms with Gasteiger partial charge in [0.25, 0.3) is 0 Å². The van der Waals surface area contributed by atoms with Gasteiger partial charge in [-0.15, -0.1) is 0 Å². The van der Waals surface area contributed by atoms with Crippen molar-refractivity contribution in [2.75, 3.05) is 33.4 Å². The Morgan fingerprint density at radius 3 is 2.84 bits per heavy atom. The number of ether oxygens (including phenoxy) is 1. The molecule has 1 aliphatic rings.